The first-order valence-corrected chi connectivity index (χ1v) is 8.51. The van der Waals surface area contributed by atoms with Crippen molar-refractivity contribution in [1.82, 2.24) is 14.8 Å². The van der Waals surface area contributed by atoms with E-state index in [0.717, 1.165) is 12.1 Å². The third-order valence-corrected chi connectivity index (χ3v) is 4.58. The van der Waals surface area contributed by atoms with Crippen LogP contribution in [-0.4, -0.2) is 20.7 Å². The summed E-state index contributed by atoms with van der Waals surface area (Å²) < 4.78 is 53.7. The first kappa shape index (κ1) is 18.1. The van der Waals surface area contributed by atoms with Gasteiger partial charge in [0.25, 0.3) is 0 Å². The fourth-order valence-corrected chi connectivity index (χ4v) is 3.26. The molecule has 0 spiro atoms. The molecule has 2 aromatic carbocycles. The minimum Gasteiger partial charge on any atom is -0.324 e. The summed E-state index contributed by atoms with van der Waals surface area (Å²) in [5, 5.41) is 10.7. The van der Waals surface area contributed by atoms with E-state index in [1.807, 2.05) is 0 Å². The molecule has 0 radical (unpaired) electrons. The summed E-state index contributed by atoms with van der Waals surface area (Å²) in [6.07, 6.45) is -3.56. The Hall–Kier alpha value is -3.23. The zero-order valence-electron chi connectivity index (χ0n) is 14.4. The number of alkyl halides is 3. The second-order valence-corrected chi connectivity index (χ2v) is 6.44. The van der Waals surface area contributed by atoms with Crippen molar-refractivity contribution >= 4 is 11.6 Å². The highest BCUT2D eigenvalue weighted by atomic mass is 19.4. The van der Waals surface area contributed by atoms with Crippen LogP contribution in [0.2, 0.25) is 0 Å². The molecule has 0 saturated heterocycles. The number of rotatable bonds is 3. The molecule has 9 heteroatoms. The number of nitrogens with zero attached hydrogens (tertiary/aromatic N) is 3. The first-order valence-electron chi connectivity index (χ1n) is 8.51. The van der Waals surface area contributed by atoms with Gasteiger partial charge in [0, 0.05) is 17.7 Å². The molecule has 28 heavy (non-hydrogen) atoms. The van der Waals surface area contributed by atoms with E-state index in [9.17, 15) is 22.4 Å². The number of hydrogen-bond acceptors (Lipinski definition) is 3. The summed E-state index contributed by atoms with van der Waals surface area (Å²) in [7, 11) is 0. The van der Waals surface area contributed by atoms with Crippen molar-refractivity contribution in [3.8, 4) is 11.4 Å². The quantitative estimate of drug-likeness (QED) is 0.681. The lowest BCUT2D eigenvalue weighted by atomic mass is 10.1. The summed E-state index contributed by atoms with van der Waals surface area (Å²) in [6, 6.07) is 9.41. The van der Waals surface area contributed by atoms with Crippen LogP contribution in [0.3, 0.4) is 0 Å². The van der Waals surface area contributed by atoms with Crippen LogP contribution in [0, 0.1) is 5.82 Å². The van der Waals surface area contributed by atoms with Crippen molar-refractivity contribution in [3.05, 3.63) is 65.7 Å². The normalized spacial score (nSPS) is 16.1. The van der Waals surface area contributed by atoms with Crippen molar-refractivity contribution < 1.29 is 22.4 Å². The molecule has 0 saturated carbocycles. The van der Waals surface area contributed by atoms with E-state index in [1.54, 1.807) is 4.57 Å². The standard InChI is InChI=1S/C19H14F4N4O/c20-13-4-6-14(7-5-13)24-18(28)15-8-9-16-25-26-17(27(15)16)11-2-1-3-12(10-11)19(21,22)23/h1-7,10,15H,8-9H2,(H,24,28). The summed E-state index contributed by atoms with van der Waals surface area (Å²) >= 11 is 0. The average Bonchev–Trinajstić information content (AvgIpc) is 3.25. The van der Waals surface area contributed by atoms with E-state index in [2.05, 4.69) is 15.5 Å². The van der Waals surface area contributed by atoms with Crippen molar-refractivity contribution in [2.24, 2.45) is 0 Å². The Morgan fingerprint density at radius 1 is 1.11 bits per heavy atom. The summed E-state index contributed by atoms with van der Waals surface area (Å²) in [5.74, 6) is -0.0466. The number of carbonyl (C=O) groups excluding carboxylic acids is 1. The van der Waals surface area contributed by atoms with Crippen molar-refractivity contribution in [2.75, 3.05) is 5.32 Å². The van der Waals surface area contributed by atoms with Crippen LogP contribution in [0.1, 0.15) is 23.9 Å². The molecule has 1 amide bonds. The number of halogens is 4. The van der Waals surface area contributed by atoms with Crippen LogP contribution >= 0.6 is 0 Å². The molecule has 0 aliphatic carbocycles. The van der Waals surface area contributed by atoms with E-state index in [-0.39, 0.29) is 17.3 Å². The van der Waals surface area contributed by atoms with E-state index < -0.39 is 23.6 Å². The van der Waals surface area contributed by atoms with Crippen molar-refractivity contribution in [3.63, 3.8) is 0 Å². The van der Waals surface area contributed by atoms with Crippen LogP contribution in [-0.2, 0) is 17.4 Å². The number of aryl methyl sites for hydroxylation is 1. The van der Waals surface area contributed by atoms with Gasteiger partial charge in [0.05, 0.1) is 5.56 Å². The minimum atomic E-state index is -4.48. The number of aromatic nitrogens is 3. The number of benzene rings is 2. The van der Waals surface area contributed by atoms with E-state index in [0.29, 0.717) is 24.4 Å². The third-order valence-electron chi connectivity index (χ3n) is 4.58. The van der Waals surface area contributed by atoms with Gasteiger partial charge in [-0.2, -0.15) is 13.2 Å². The Bertz CT molecular complexity index is 1030. The van der Waals surface area contributed by atoms with Gasteiger partial charge >= 0.3 is 6.18 Å². The van der Waals surface area contributed by atoms with Gasteiger partial charge in [0.2, 0.25) is 5.91 Å². The number of fused-ring (bicyclic) bond motifs is 1. The number of anilines is 1. The largest absolute Gasteiger partial charge is 0.416 e. The van der Waals surface area contributed by atoms with Crippen molar-refractivity contribution in [2.45, 2.75) is 25.1 Å². The van der Waals surface area contributed by atoms with Gasteiger partial charge in [-0.3, -0.25) is 9.36 Å². The first-order chi connectivity index (χ1) is 13.3. The Labute approximate surface area is 157 Å². The molecule has 1 atom stereocenters. The van der Waals surface area contributed by atoms with Gasteiger partial charge in [0.15, 0.2) is 5.82 Å². The summed E-state index contributed by atoms with van der Waals surface area (Å²) in [4.78, 5) is 12.7. The molecule has 1 aliphatic heterocycles. The number of amides is 1. The molecule has 0 fully saturated rings. The molecule has 5 nitrogen and oxygen atoms in total. The highest BCUT2D eigenvalue weighted by Gasteiger charge is 2.34. The van der Waals surface area contributed by atoms with Crippen LogP contribution in [0.15, 0.2) is 48.5 Å². The van der Waals surface area contributed by atoms with Gasteiger partial charge in [-0.15, -0.1) is 10.2 Å². The molecule has 4 rings (SSSR count). The fourth-order valence-electron chi connectivity index (χ4n) is 3.26. The molecule has 1 unspecified atom stereocenters. The van der Waals surface area contributed by atoms with Gasteiger partial charge in [-0.05, 0) is 42.8 Å². The third kappa shape index (κ3) is 3.35. The fraction of sp³-hybridized carbons (Fsp3) is 0.211. The van der Waals surface area contributed by atoms with Gasteiger partial charge in [0.1, 0.15) is 17.7 Å². The average molecular weight is 390 g/mol. The minimum absolute atomic E-state index is 0.206. The zero-order valence-corrected chi connectivity index (χ0v) is 14.4. The zero-order chi connectivity index (χ0) is 19.9. The number of carbonyl (C=O) groups is 1. The number of hydrogen-bond donors (Lipinski definition) is 1. The van der Waals surface area contributed by atoms with Crippen molar-refractivity contribution in [1.29, 1.82) is 0 Å². The molecule has 1 aliphatic rings. The predicted octanol–water partition coefficient (Wildman–Crippen LogP) is 4.23. The highest BCUT2D eigenvalue weighted by Crippen LogP contribution is 2.35. The molecule has 0 bridgehead atoms. The Morgan fingerprint density at radius 3 is 2.57 bits per heavy atom. The predicted molar refractivity (Wildman–Crippen MR) is 92.8 cm³/mol. The van der Waals surface area contributed by atoms with Gasteiger partial charge in [-0.1, -0.05) is 12.1 Å². The SMILES string of the molecule is O=C(Nc1ccc(F)cc1)C1CCc2nnc(-c3cccc(C(F)(F)F)c3)n21. The van der Waals surface area contributed by atoms with Crippen LogP contribution < -0.4 is 5.32 Å². The molecular weight excluding hydrogens is 376 g/mol. The van der Waals surface area contributed by atoms with Gasteiger partial charge < -0.3 is 5.32 Å². The maximum absolute atomic E-state index is 13.0. The lowest BCUT2D eigenvalue weighted by Crippen LogP contribution is -2.24. The highest BCUT2D eigenvalue weighted by molar-refractivity contribution is 5.94. The van der Waals surface area contributed by atoms with E-state index in [4.69, 9.17) is 0 Å². The monoisotopic (exact) mass is 390 g/mol. The molecular formula is C19H14F4N4O. The number of nitrogens with one attached hydrogen (secondary N) is 1. The Morgan fingerprint density at radius 2 is 1.86 bits per heavy atom. The van der Waals surface area contributed by atoms with Crippen LogP contribution in [0.5, 0.6) is 0 Å². The molecule has 1 N–H and O–H groups in total. The Kier molecular flexibility index (Phi) is 4.37. The molecule has 144 valence electrons. The lowest BCUT2D eigenvalue weighted by Gasteiger charge is -2.16. The van der Waals surface area contributed by atoms with E-state index >= 15 is 0 Å². The summed E-state index contributed by atoms with van der Waals surface area (Å²) in [5.41, 5.74) is -0.142. The second-order valence-electron chi connectivity index (χ2n) is 6.44. The summed E-state index contributed by atoms with van der Waals surface area (Å²) in [6.45, 7) is 0. The lowest BCUT2D eigenvalue weighted by molar-refractivity contribution is -0.137. The molecule has 3 aromatic rings. The maximum Gasteiger partial charge on any atom is 0.416 e. The van der Waals surface area contributed by atoms with Gasteiger partial charge in [-0.25, -0.2) is 4.39 Å². The topological polar surface area (TPSA) is 59.8 Å². The van der Waals surface area contributed by atoms with Crippen LogP contribution in [0.25, 0.3) is 11.4 Å². The second kappa shape index (κ2) is 6.74. The van der Waals surface area contributed by atoms with Crippen LogP contribution in [0.4, 0.5) is 23.2 Å². The van der Waals surface area contributed by atoms with E-state index in [1.165, 1.54) is 36.4 Å². The Balaban J connectivity index is 1.65. The molecule has 2 heterocycles. The maximum atomic E-state index is 13.0. The molecule has 1 aromatic heterocycles. The smallest absolute Gasteiger partial charge is 0.324 e.